The van der Waals surface area contributed by atoms with Gasteiger partial charge in [-0.1, -0.05) is 13.8 Å². The fourth-order valence-electron chi connectivity index (χ4n) is 2.30. The van der Waals surface area contributed by atoms with E-state index in [0.29, 0.717) is 17.5 Å². The zero-order chi connectivity index (χ0) is 13.7. The summed E-state index contributed by atoms with van der Waals surface area (Å²) in [5, 5.41) is 9.23. The first-order valence-corrected chi connectivity index (χ1v) is 7.96. The van der Waals surface area contributed by atoms with Crippen molar-refractivity contribution in [1.82, 2.24) is 15.6 Å². The molecular weight excluding hydrogens is 258 g/mol. The number of hydrogen-bond donors (Lipinski definition) is 2. The number of thiazole rings is 1. The van der Waals surface area contributed by atoms with Crippen molar-refractivity contribution in [3.05, 3.63) is 16.1 Å². The van der Waals surface area contributed by atoms with Crippen molar-refractivity contribution in [3.8, 4) is 0 Å². The molecule has 1 aliphatic rings. The number of aromatic nitrogens is 1. The van der Waals surface area contributed by atoms with Crippen molar-refractivity contribution in [1.29, 1.82) is 0 Å². The topological polar surface area (TPSA) is 54.0 Å². The summed E-state index contributed by atoms with van der Waals surface area (Å²) >= 11 is 1.58. The predicted molar refractivity (Wildman–Crippen MR) is 78.6 cm³/mol. The van der Waals surface area contributed by atoms with E-state index in [9.17, 15) is 4.79 Å². The van der Waals surface area contributed by atoms with Crippen molar-refractivity contribution >= 4 is 17.2 Å². The van der Waals surface area contributed by atoms with Gasteiger partial charge in [-0.3, -0.25) is 4.79 Å². The lowest BCUT2D eigenvalue weighted by Gasteiger charge is -2.08. The molecule has 2 rings (SSSR count). The van der Waals surface area contributed by atoms with Gasteiger partial charge in [-0.2, -0.15) is 0 Å². The van der Waals surface area contributed by atoms with Crippen LogP contribution < -0.4 is 10.6 Å². The molecule has 1 unspecified atom stereocenters. The van der Waals surface area contributed by atoms with Crippen LogP contribution in [-0.4, -0.2) is 30.5 Å². The number of nitrogens with one attached hydrogen (secondary N) is 2. The molecule has 1 aromatic rings. The van der Waals surface area contributed by atoms with E-state index in [0.717, 1.165) is 37.5 Å². The first-order chi connectivity index (χ1) is 9.15. The van der Waals surface area contributed by atoms with E-state index in [1.165, 1.54) is 6.42 Å². The molecule has 0 spiro atoms. The third-order valence-corrected chi connectivity index (χ3v) is 4.24. The summed E-state index contributed by atoms with van der Waals surface area (Å²) in [6, 6.07) is 0. The minimum Gasteiger partial charge on any atom is -0.351 e. The predicted octanol–water partition coefficient (Wildman–Crippen LogP) is 2.07. The average molecular weight is 281 g/mol. The van der Waals surface area contributed by atoms with Crippen LogP contribution in [0.3, 0.4) is 0 Å². The standard InChI is InChI=1S/C14H23N3OS/c1-10(2)7-13-17-12(9-19-13)14(18)16-6-4-11-3-5-15-8-11/h9-11,15H,3-8H2,1-2H3,(H,16,18). The Labute approximate surface area is 119 Å². The molecule has 106 valence electrons. The van der Waals surface area contributed by atoms with Crippen LogP contribution in [0.4, 0.5) is 0 Å². The van der Waals surface area contributed by atoms with Gasteiger partial charge >= 0.3 is 0 Å². The van der Waals surface area contributed by atoms with Gasteiger partial charge in [0.25, 0.3) is 5.91 Å². The van der Waals surface area contributed by atoms with Crippen LogP contribution in [0.25, 0.3) is 0 Å². The van der Waals surface area contributed by atoms with Gasteiger partial charge in [-0.05, 0) is 37.8 Å². The third-order valence-electron chi connectivity index (χ3n) is 3.37. The fraction of sp³-hybridized carbons (Fsp3) is 0.714. The molecular formula is C14H23N3OS. The van der Waals surface area contributed by atoms with Gasteiger partial charge in [-0.15, -0.1) is 11.3 Å². The molecule has 1 aliphatic heterocycles. The van der Waals surface area contributed by atoms with E-state index in [-0.39, 0.29) is 5.91 Å². The van der Waals surface area contributed by atoms with Gasteiger partial charge in [0.1, 0.15) is 5.69 Å². The van der Waals surface area contributed by atoms with Crippen LogP contribution in [0.2, 0.25) is 0 Å². The fourth-order valence-corrected chi connectivity index (χ4v) is 3.29. The zero-order valence-corrected chi connectivity index (χ0v) is 12.6. The first kappa shape index (κ1) is 14.5. The quantitative estimate of drug-likeness (QED) is 0.839. The molecule has 19 heavy (non-hydrogen) atoms. The molecule has 1 atom stereocenters. The number of rotatable bonds is 6. The van der Waals surface area contributed by atoms with Crippen molar-refractivity contribution in [2.75, 3.05) is 19.6 Å². The average Bonchev–Trinajstić information content (AvgIpc) is 2.99. The van der Waals surface area contributed by atoms with Crippen LogP contribution in [0.1, 0.15) is 42.2 Å². The monoisotopic (exact) mass is 281 g/mol. The Kier molecular flexibility index (Phi) is 5.34. The van der Waals surface area contributed by atoms with Crippen LogP contribution in [0.5, 0.6) is 0 Å². The van der Waals surface area contributed by atoms with Crippen molar-refractivity contribution in [2.24, 2.45) is 11.8 Å². The second kappa shape index (κ2) is 7.01. The molecule has 1 amide bonds. The molecule has 4 nitrogen and oxygen atoms in total. The van der Waals surface area contributed by atoms with E-state index >= 15 is 0 Å². The van der Waals surface area contributed by atoms with Crippen molar-refractivity contribution < 1.29 is 4.79 Å². The number of hydrogen-bond acceptors (Lipinski definition) is 4. The Bertz CT molecular complexity index is 411. The molecule has 1 aromatic heterocycles. The van der Waals surface area contributed by atoms with Gasteiger partial charge in [0.05, 0.1) is 5.01 Å². The smallest absolute Gasteiger partial charge is 0.270 e. The van der Waals surface area contributed by atoms with Gasteiger partial charge < -0.3 is 10.6 Å². The Morgan fingerprint density at radius 1 is 1.63 bits per heavy atom. The summed E-state index contributed by atoms with van der Waals surface area (Å²) in [4.78, 5) is 16.3. The highest BCUT2D eigenvalue weighted by atomic mass is 32.1. The summed E-state index contributed by atoms with van der Waals surface area (Å²) in [6.07, 6.45) is 3.23. The van der Waals surface area contributed by atoms with Gasteiger partial charge in [0.15, 0.2) is 0 Å². The third kappa shape index (κ3) is 4.58. The largest absolute Gasteiger partial charge is 0.351 e. The molecule has 2 N–H and O–H groups in total. The zero-order valence-electron chi connectivity index (χ0n) is 11.7. The summed E-state index contributed by atoms with van der Waals surface area (Å²) in [5.74, 6) is 1.27. The van der Waals surface area contributed by atoms with E-state index < -0.39 is 0 Å². The number of amides is 1. The Balaban J connectivity index is 1.74. The minimum absolute atomic E-state index is 0.0304. The second-order valence-corrected chi connectivity index (χ2v) is 6.57. The highest BCUT2D eigenvalue weighted by Crippen LogP contribution is 2.14. The van der Waals surface area contributed by atoms with E-state index in [1.54, 1.807) is 11.3 Å². The van der Waals surface area contributed by atoms with Crippen LogP contribution in [-0.2, 0) is 6.42 Å². The molecule has 2 heterocycles. The van der Waals surface area contributed by atoms with Crippen LogP contribution >= 0.6 is 11.3 Å². The lowest BCUT2D eigenvalue weighted by Crippen LogP contribution is -2.26. The molecule has 0 aromatic carbocycles. The Morgan fingerprint density at radius 2 is 2.47 bits per heavy atom. The molecule has 1 fully saturated rings. The van der Waals surface area contributed by atoms with Gasteiger partial charge in [-0.25, -0.2) is 4.98 Å². The van der Waals surface area contributed by atoms with E-state index in [4.69, 9.17) is 0 Å². The lowest BCUT2D eigenvalue weighted by atomic mass is 10.1. The molecule has 1 saturated heterocycles. The molecule has 0 radical (unpaired) electrons. The van der Waals surface area contributed by atoms with Gasteiger partial charge in [0.2, 0.25) is 0 Å². The molecule has 0 bridgehead atoms. The highest BCUT2D eigenvalue weighted by Gasteiger charge is 2.15. The minimum atomic E-state index is -0.0304. The lowest BCUT2D eigenvalue weighted by molar-refractivity contribution is 0.0947. The summed E-state index contributed by atoms with van der Waals surface area (Å²) in [5.41, 5.74) is 0.574. The molecule has 0 aliphatic carbocycles. The second-order valence-electron chi connectivity index (χ2n) is 5.63. The SMILES string of the molecule is CC(C)Cc1nc(C(=O)NCCC2CCNC2)cs1. The summed E-state index contributed by atoms with van der Waals surface area (Å²) in [6.45, 7) is 7.28. The Morgan fingerprint density at radius 3 is 3.16 bits per heavy atom. The summed E-state index contributed by atoms with van der Waals surface area (Å²) in [7, 11) is 0. The van der Waals surface area contributed by atoms with Crippen LogP contribution in [0, 0.1) is 11.8 Å². The van der Waals surface area contributed by atoms with E-state index in [1.807, 2.05) is 5.38 Å². The van der Waals surface area contributed by atoms with Gasteiger partial charge in [0, 0.05) is 18.3 Å². The molecule has 0 saturated carbocycles. The first-order valence-electron chi connectivity index (χ1n) is 7.08. The highest BCUT2D eigenvalue weighted by molar-refractivity contribution is 7.09. The number of nitrogens with zero attached hydrogens (tertiary/aromatic N) is 1. The van der Waals surface area contributed by atoms with Crippen molar-refractivity contribution in [3.63, 3.8) is 0 Å². The Hall–Kier alpha value is -0.940. The number of carbonyl (C=O) groups excluding carboxylic acids is 1. The van der Waals surface area contributed by atoms with Crippen LogP contribution in [0.15, 0.2) is 5.38 Å². The number of carbonyl (C=O) groups is 1. The van der Waals surface area contributed by atoms with Crippen molar-refractivity contribution in [2.45, 2.75) is 33.1 Å². The normalized spacial score (nSPS) is 19.0. The van der Waals surface area contributed by atoms with E-state index in [2.05, 4.69) is 29.5 Å². The maximum atomic E-state index is 11.9. The summed E-state index contributed by atoms with van der Waals surface area (Å²) < 4.78 is 0. The molecule has 5 heteroatoms. The maximum absolute atomic E-state index is 11.9. The maximum Gasteiger partial charge on any atom is 0.270 e.